The van der Waals surface area contributed by atoms with Crippen LogP contribution < -0.4 is 15.4 Å². The summed E-state index contributed by atoms with van der Waals surface area (Å²) in [6.07, 6.45) is 1.47. The van der Waals surface area contributed by atoms with Gasteiger partial charge in [0.1, 0.15) is 11.4 Å². The Hall–Kier alpha value is -1.84. The van der Waals surface area contributed by atoms with Gasteiger partial charge in [-0.05, 0) is 26.8 Å². The van der Waals surface area contributed by atoms with Crippen molar-refractivity contribution < 1.29 is 9.26 Å². The molecule has 1 aliphatic heterocycles. The van der Waals surface area contributed by atoms with E-state index in [0.29, 0.717) is 18.9 Å². The van der Waals surface area contributed by atoms with Gasteiger partial charge in [0.05, 0.1) is 12.6 Å². The Bertz CT molecular complexity index is 819. The zero-order valence-corrected chi connectivity index (χ0v) is 20.2. The zero-order chi connectivity index (χ0) is 20.1. The minimum atomic E-state index is -0.236. The molecule has 1 aromatic carbocycles. The molecule has 0 bridgehead atoms. The number of aromatic nitrogens is 2. The Balaban J connectivity index is 0.00000300. The van der Waals surface area contributed by atoms with Crippen molar-refractivity contribution >= 4 is 29.9 Å². The monoisotopic (exact) mass is 513 g/mol. The Kier molecular flexibility index (Phi) is 8.30. The molecule has 1 unspecified atom stereocenters. The first-order chi connectivity index (χ1) is 13.4. The molecular formula is C21H32IN5O2. The first kappa shape index (κ1) is 23.4. The SMILES string of the molecule is CCNC(=NCCc1nc(C(C)C)no1)NC1CC(C)(C)Oc2ccccc21.I. The molecule has 3 rings (SSSR count). The van der Waals surface area contributed by atoms with Crippen LogP contribution in [0.25, 0.3) is 0 Å². The molecule has 160 valence electrons. The molecule has 8 heteroatoms. The number of benzene rings is 1. The third kappa shape index (κ3) is 6.32. The van der Waals surface area contributed by atoms with Crippen molar-refractivity contribution in [2.75, 3.05) is 13.1 Å². The van der Waals surface area contributed by atoms with Crippen LogP contribution in [-0.2, 0) is 6.42 Å². The molecule has 0 aliphatic carbocycles. The zero-order valence-electron chi connectivity index (χ0n) is 17.9. The highest BCUT2D eigenvalue weighted by Gasteiger charge is 2.33. The molecule has 1 aromatic heterocycles. The Labute approximate surface area is 190 Å². The van der Waals surface area contributed by atoms with Crippen molar-refractivity contribution in [3.8, 4) is 5.75 Å². The number of rotatable bonds is 6. The van der Waals surface area contributed by atoms with Crippen LogP contribution >= 0.6 is 24.0 Å². The van der Waals surface area contributed by atoms with E-state index in [4.69, 9.17) is 14.3 Å². The first-order valence-corrected chi connectivity index (χ1v) is 10.0. The van der Waals surface area contributed by atoms with Gasteiger partial charge in [-0.15, -0.1) is 24.0 Å². The fourth-order valence-electron chi connectivity index (χ4n) is 3.28. The van der Waals surface area contributed by atoms with Crippen LogP contribution in [0.15, 0.2) is 33.8 Å². The van der Waals surface area contributed by atoms with Crippen molar-refractivity contribution in [3.05, 3.63) is 41.5 Å². The molecule has 0 radical (unpaired) electrons. The summed E-state index contributed by atoms with van der Waals surface area (Å²) in [5.74, 6) is 3.34. The van der Waals surface area contributed by atoms with E-state index in [1.807, 2.05) is 32.0 Å². The highest BCUT2D eigenvalue weighted by Crippen LogP contribution is 2.39. The molecule has 2 heterocycles. The minimum absolute atomic E-state index is 0. The molecule has 1 atom stereocenters. The topological polar surface area (TPSA) is 84.6 Å². The van der Waals surface area contributed by atoms with E-state index in [1.165, 1.54) is 0 Å². The van der Waals surface area contributed by atoms with E-state index in [-0.39, 0.29) is 41.5 Å². The second kappa shape index (κ2) is 10.3. The van der Waals surface area contributed by atoms with Crippen LogP contribution in [0.5, 0.6) is 5.75 Å². The first-order valence-electron chi connectivity index (χ1n) is 10.0. The maximum absolute atomic E-state index is 6.12. The molecule has 1 aliphatic rings. The molecule has 0 amide bonds. The Morgan fingerprint density at radius 1 is 1.31 bits per heavy atom. The number of aliphatic imine (C=N–C) groups is 1. The number of guanidine groups is 1. The van der Waals surface area contributed by atoms with Gasteiger partial charge in [-0.3, -0.25) is 4.99 Å². The van der Waals surface area contributed by atoms with E-state index in [0.717, 1.165) is 36.1 Å². The Morgan fingerprint density at radius 3 is 2.76 bits per heavy atom. The van der Waals surface area contributed by atoms with Crippen molar-refractivity contribution in [2.45, 2.75) is 65.0 Å². The van der Waals surface area contributed by atoms with Gasteiger partial charge in [-0.1, -0.05) is 37.2 Å². The molecule has 29 heavy (non-hydrogen) atoms. The third-order valence-corrected chi connectivity index (χ3v) is 4.63. The summed E-state index contributed by atoms with van der Waals surface area (Å²) in [6.45, 7) is 11.8. The summed E-state index contributed by atoms with van der Waals surface area (Å²) in [5.41, 5.74) is 0.922. The highest BCUT2D eigenvalue weighted by molar-refractivity contribution is 14.0. The summed E-state index contributed by atoms with van der Waals surface area (Å²) >= 11 is 0. The van der Waals surface area contributed by atoms with E-state index in [2.05, 4.69) is 47.6 Å². The van der Waals surface area contributed by atoms with E-state index < -0.39 is 0 Å². The van der Waals surface area contributed by atoms with Gasteiger partial charge in [0.25, 0.3) is 0 Å². The number of hydrogen-bond donors (Lipinski definition) is 2. The van der Waals surface area contributed by atoms with Gasteiger partial charge >= 0.3 is 0 Å². The maximum Gasteiger partial charge on any atom is 0.228 e. The van der Waals surface area contributed by atoms with Crippen LogP contribution in [0.2, 0.25) is 0 Å². The fourth-order valence-corrected chi connectivity index (χ4v) is 3.28. The van der Waals surface area contributed by atoms with Crippen LogP contribution in [-0.4, -0.2) is 34.8 Å². The quantitative estimate of drug-likeness (QED) is 0.342. The molecule has 2 N–H and O–H groups in total. The van der Waals surface area contributed by atoms with Gasteiger partial charge in [-0.2, -0.15) is 4.98 Å². The maximum atomic E-state index is 6.12. The standard InChI is InChI=1S/C21H31N5O2.HI/c1-6-22-20(23-12-11-18-25-19(14(2)3)26-28-18)24-16-13-21(4,5)27-17-10-8-7-9-15(16)17;/h7-10,14,16H,6,11-13H2,1-5H3,(H2,22,23,24);1H. The molecule has 7 nitrogen and oxygen atoms in total. The molecule has 2 aromatic rings. The number of ether oxygens (including phenoxy) is 1. The number of nitrogens with one attached hydrogen (secondary N) is 2. The number of para-hydroxylation sites is 1. The lowest BCUT2D eigenvalue weighted by Crippen LogP contribution is -2.45. The fraction of sp³-hybridized carbons (Fsp3) is 0.571. The van der Waals surface area contributed by atoms with Gasteiger partial charge < -0.3 is 19.9 Å². The lowest BCUT2D eigenvalue weighted by Gasteiger charge is -2.38. The van der Waals surface area contributed by atoms with Crippen molar-refractivity contribution in [3.63, 3.8) is 0 Å². The second-order valence-electron chi connectivity index (χ2n) is 8.01. The number of halogens is 1. The highest BCUT2D eigenvalue weighted by atomic mass is 127. The molecule has 0 saturated heterocycles. The van der Waals surface area contributed by atoms with Gasteiger partial charge in [-0.25, -0.2) is 0 Å². The van der Waals surface area contributed by atoms with Crippen LogP contribution in [0.3, 0.4) is 0 Å². The van der Waals surface area contributed by atoms with Crippen molar-refractivity contribution in [1.29, 1.82) is 0 Å². The average molecular weight is 513 g/mol. The van der Waals surface area contributed by atoms with E-state index in [9.17, 15) is 0 Å². The lowest BCUT2D eigenvalue weighted by molar-refractivity contribution is 0.0694. The summed E-state index contributed by atoms with van der Waals surface area (Å²) in [6, 6.07) is 8.32. The molecule has 0 saturated carbocycles. The summed E-state index contributed by atoms with van der Waals surface area (Å²) in [7, 11) is 0. The summed E-state index contributed by atoms with van der Waals surface area (Å²) < 4.78 is 11.4. The molecule has 0 spiro atoms. The smallest absolute Gasteiger partial charge is 0.228 e. The summed E-state index contributed by atoms with van der Waals surface area (Å²) in [4.78, 5) is 9.12. The second-order valence-corrected chi connectivity index (χ2v) is 8.01. The summed E-state index contributed by atoms with van der Waals surface area (Å²) in [5, 5.41) is 10.9. The Morgan fingerprint density at radius 2 is 2.07 bits per heavy atom. The molecular weight excluding hydrogens is 481 g/mol. The number of fused-ring (bicyclic) bond motifs is 1. The van der Waals surface area contributed by atoms with Gasteiger partial charge in [0.2, 0.25) is 5.89 Å². The minimum Gasteiger partial charge on any atom is -0.487 e. The van der Waals surface area contributed by atoms with Gasteiger partial charge in [0, 0.05) is 30.9 Å². The van der Waals surface area contributed by atoms with E-state index in [1.54, 1.807) is 0 Å². The van der Waals surface area contributed by atoms with E-state index >= 15 is 0 Å². The largest absolute Gasteiger partial charge is 0.487 e. The van der Waals surface area contributed by atoms with Crippen LogP contribution in [0, 0.1) is 0 Å². The number of nitrogens with zero attached hydrogens (tertiary/aromatic N) is 3. The predicted molar refractivity (Wildman–Crippen MR) is 125 cm³/mol. The van der Waals surface area contributed by atoms with Gasteiger partial charge in [0.15, 0.2) is 11.8 Å². The lowest BCUT2D eigenvalue weighted by atomic mass is 9.90. The molecule has 0 fully saturated rings. The predicted octanol–water partition coefficient (Wildman–Crippen LogP) is 4.21. The third-order valence-electron chi connectivity index (χ3n) is 4.63. The van der Waals surface area contributed by atoms with Crippen LogP contribution in [0.1, 0.15) is 70.3 Å². The number of hydrogen-bond acceptors (Lipinski definition) is 5. The average Bonchev–Trinajstić information content (AvgIpc) is 3.10. The normalized spacial score (nSPS) is 17.9. The van der Waals surface area contributed by atoms with Crippen LogP contribution in [0.4, 0.5) is 0 Å². The van der Waals surface area contributed by atoms with Crippen molar-refractivity contribution in [2.24, 2.45) is 4.99 Å². The van der Waals surface area contributed by atoms with Crippen molar-refractivity contribution in [1.82, 2.24) is 20.8 Å².